The van der Waals surface area contributed by atoms with Crippen molar-refractivity contribution in [3.8, 4) is 5.75 Å². The highest BCUT2D eigenvalue weighted by Gasteiger charge is 2.15. The van der Waals surface area contributed by atoms with Crippen molar-refractivity contribution in [1.29, 1.82) is 0 Å². The Morgan fingerprint density at radius 1 is 1.12 bits per heavy atom. The van der Waals surface area contributed by atoms with Gasteiger partial charge in [-0.3, -0.25) is 4.72 Å². The fourth-order valence-corrected chi connectivity index (χ4v) is 4.28. The predicted octanol–water partition coefficient (Wildman–Crippen LogP) is 4.06. The zero-order valence-corrected chi connectivity index (χ0v) is 15.1. The Morgan fingerprint density at radius 3 is 2.54 bits per heavy atom. The van der Waals surface area contributed by atoms with Gasteiger partial charge in [0.05, 0.1) is 32.4 Å². The Morgan fingerprint density at radius 2 is 1.88 bits per heavy atom. The number of benzene rings is 2. The number of nitrogens with one attached hydrogen (secondary N) is 1. The van der Waals surface area contributed by atoms with Gasteiger partial charge in [-0.15, -0.1) is 11.3 Å². The molecule has 5 nitrogen and oxygen atoms in total. The fraction of sp³-hybridized carbons (Fsp3) is 0.235. The highest BCUT2D eigenvalue weighted by atomic mass is 32.2. The van der Waals surface area contributed by atoms with Crippen molar-refractivity contribution in [3.63, 3.8) is 0 Å². The minimum Gasteiger partial charge on any atom is -0.494 e. The molecule has 2 aromatic carbocycles. The number of aryl methyl sites for hydroxylation is 1. The summed E-state index contributed by atoms with van der Waals surface area (Å²) in [5, 5.41) is 1.04. The second-order valence-electron chi connectivity index (χ2n) is 5.15. The Balaban J connectivity index is 1.85. The third-order valence-corrected chi connectivity index (χ3v) is 5.99. The molecule has 126 valence electrons. The number of hydrogen-bond acceptors (Lipinski definition) is 5. The van der Waals surface area contributed by atoms with Crippen molar-refractivity contribution in [2.45, 2.75) is 25.2 Å². The summed E-state index contributed by atoms with van der Waals surface area (Å²) in [6.45, 7) is 4.47. The zero-order chi connectivity index (χ0) is 17.2. The monoisotopic (exact) mass is 362 g/mol. The molecule has 0 aliphatic heterocycles. The topological polar surface area (TPSA) is 68.3 Å². The quantitative estimate of drug-likeness (QED) is 0.718. The second-order valence-corrected chi connectivity index (χ2v) is 7.95. The number of rotatable bonds is 6. The minimum absolute atomic E-state index is 0.199. The van der Waals surface area contributed by atoms with Crippen LogP contribution in [0.25, 0.3) is 10.2 Å². The van der Waals surface area contributed by atoms with E-state index in [2.05, 4.69) is 9.71 Å². The number of ether oxygens (including phenoxy) is 1. The molecule has 0 amide bonds. The molecule has 0 fully saturated rings. The standard InChI is InChI=1S/C17H18N2O3S2/c1-3-17-18-15-10-5-12(11-16(15)23-17)19-24(20,21)14-8-6-13(7-9-14)22-4-2/h5-11,19H,3-4H2,1-2H3. The molecule has 0 radical (unpaired) electrons. The van der Waals surface area contributed by atoms with Crippen molar-refractivity contribution in [1.82, 2.24) is 4.98 Å². The summed E-state index contributed by atoms with van der Waals surface area (Å²) in [4.78, 5) is 4.68. The van der Waals surface area contributed by atoms with Gasteiger partial charge in [-0.2, -0.15) is 0 Å². The van der Waals surface area contributed by atoms with E-state index in [0.717, 1.165) is 21.6 Å². The summed E-state index contributed by atoms with van der Waals surface area (Å²) >= 11 is 1.58. The third-order valence-electron chi connectivity index (χ3n) is 3.43. The molecule has 0 aliphatic rings. The van der Waals surface area contributed by atoms with Crippen molar-refractivity contribution >= 4 is 37.3 Å². The molecule has 1 N–H and O–H groups in total. The summed E-state index contributed by atoms with van der Waals surface area (Å²) in [5.41, 5.74) is 1.42. The molecule has 0 saturated carbocycles. The van der Waals surface area contributed by atoms with Gasteiger partial charge in [0.15, 0.2) is 0 Å². The van der Waals surface area contributed by atoms with Gasteiger partial charge in [0.1, 0.15) is 5.75 Å². The van der Waals surface area contributed by atoms with Crippen LogP contribution in [0.15, 0.2) is 47.4 Å². The van der Waals surface area contributed by atoms with Crippen LogP contribution in [0, 0.1) is 0 Å². The SMILES string of the molecule is CCOc1ccc(S(=O)(=O)Nc2ccc3nc(CC)sc3c2)cc1. The van der Waals surface area contributed by atoms with E-state index in [0.29, 0.717) is 18.0 Å². The Bertz CT molecular complexity index is 948. The van der Waals surface area contributed by atoms with Gasteiger partial charge < -0.3 is 4.74 Å². The zero-order valence-electron chi connectivity index (χ0n) is 13.4. The van der Waals surface area contributed by atoms with Gasteiger partial charge in [-0.1, -0.05) is 6.92 Å². The number of hydrogen-bond donors (Lipinski definition) is 1. The van der Waals surface area contributed by atoms with Crippen molar-refractivity contribution in [3.05, 3.63) is 47.5 Å². The summed E-state index contributed by atoms with van der Waals surface area (Å²) in [6.07, 6.45) is 0.868. The molecule has 0 spiro atoms. The summed E-state index contributed by atoms with van der Waals surface area (Å²) in [7, 11) is -3.63. The summed E-state index contributed by atoms with van der Waals surface area (Å²) in [5.74, 6) is 0.648. The van der Waals surface area contributed by atoms with Crippen LogP contribution in [0.5, 0.6) is 5.75 Å². The maximum Gasteiger partial charge on any atom is 0.261 e. The first kappa shape index (κ1) is 16.7. The summed E-state index contributed by atoms with van der Waals surface area (Å²) < 4.78 is 33.9. The Kier molecular flexibility index (Phi) is 4.73. The molecule has 1 heterocycles. The van der Waals surface area contributed by atoms with Crippen LogP contribution in [0.4, 0.5) is 5.69 Å². The third kappa shape index (κ3) is 3.52. The molecule has 3 aromatic rings. The van der Waals surface area contributed by atoms with Crippen LogP contribution in [0.1, 0.15) is 18.9 Å². The van der Waals surface area contributed by atoms with Crippen LogP contribution >= 0.6 is 11.3 Å². The lowest BCUT2D eigenvalue weighted by Crippen LogP contribution is -2.12. The average Bonchev–Trinajstić information content (AvgIpc) is 2.98. The van der Waals surface area contributed by atoms with Crippen LogP contribution in [0.3, 0.4) is 0 Å². The largest absolute Gasteiger partial charge is 0.494 e. The first-order chi connectivity index (χ1) is 11.5. The number of thiazole rings is 1. The van der Waals surface area contributed by atoms with E-state index in [9.17, 15) is 8.42 Å². The van der Waals surface area contributed by atoms with E-state index in [1.165, 1.54) is 12.1 Å². The van der Waals surface area contributed by atoms with E-state index < -0.39 is 10.0 Å². The molecule has 3 rings (SSSR count). The van der Waals surface area contributed by atoms with E-state index in [-0.39, 0.29) is 4.90 Å². The number of sulfonamides is 1. The smallest absolute Gasteiger partial charge is 0.261 e. The lowest BCUT2D eigenvalue weighted by atomic mass is 10.3. The average molecular weight is 362 g/mol. The molecular formula is C17H18N2O3S2. The highest BCUT2D eigenvalue weighted by Crippen LogP contribution is 2.27. The predicted molar refractivity (Wildman–Crippen MR) is 97.4 cm³/mol. The Labute approximate surface area is 145 Å². The second kappa shape index (κ2) is 6.78. The number of fused-ring (bicyclic) bond motifs is 1. The molecule has 0 atom stereocenters. The van der Waals surface area contributed by atoms with Crippen LogP contribution in [0.2, 0.25) is 0 Å². The molecule has 0 aliphatic carbocycles. The van der Waals surface area contributed by atoms with Crippen LogP contribution in [-0.4, -0.2) is 20.0 Å². The van der Waals surface area contributed by atoms with Gasteiger partial charge in [0, 0.05) is 0 Å². The lowest BCUT2D eigenvalue weighted by Gasteiger charge is -2.09. The van der Waals surface area contributed by atoms with Crippen molar-refractivity contribution < 1.29 is 13.2 Å². The molecule has 0 bridgehead atoms. The van der Waals surface area contributed by atoms with Crippen LogP contribution in [-0.2, 0) is 16.4 Å². The molecule has 7 heteroatoms. The normalized spacial score (nSPS) is 11.6. The molecular weight excluding hydrogens is 344 g/mol. The number of anilines is 1. The van der Waals surface area contributed by atoms with Gasteiger partial charge in [-0.25, -0.2) is 13.4 Å². The molecule has 0 saturated heterocycles. The number of aromatic nitrogens is 1. The first-order valence-corrected chi connectivity index (χ1v) is 9.97. The van der Waals surface area contributed by atoms with E-state index in [1.54, 1.807) is 29.5 Å². The van der Waals surface area contributed by atoms with Gasteiger partial charge in [0.2, 0.25) is 0 Å². The maximum absolute atomic E-state index is 12.5. The van der Waals surface area contributed by atoms with E-state index in [1.807, 2.05) is 26.0 Å². The Hall–Kier alpha value is -2.12. The molecule has 24 heavy (non-hydrogen) atoms. The van der Waals surface area contributed by atoms with E-state index in [4.69, 9.17) is 4.74 Å². The summed E-state index contributed by atoms with van der Waals surface area (Å²) in [6, 6.07) is 11.8. The highest BCUT2D eigenvalue weighted by molar-refractivity contribution is 7.92. The lowest BCUT2D eigenvalue weighted by molar-refractivity contribution is 0.340. The van der Waals surface area contributed by atoms with Gasteiger partial charge >= 0.3 is 0 Å². The van der Waals surface area contributed by atoms with E-state index >= 15 is 0 Å². The first-order valence-electron chi connectivity index (χ1n) is 7.67. The number of nitrogens with zero attached hydrogens (tertiary/aromatic N) is 1. The minimum atomic E-state index is -3.63. The maximum atomic E-state index is 12.5. The fourth-order valence-electron chi connectivity index (χ4n) is 2.28. The van der Waals surface area contributed by atoms with Crippen LogP contribution < -0.4 is 9.46 Å². The van der Waals surface area contributed by atoms with Crippen molar-refractivity contribution in [2.24, 2.45) is 0 Å². The van der Waals surface area contributed by atoms with Gasteiger partial charge in [-0.05, 0) is 55.8 Å². The molecule has 0 unspecified atom stereocenters. The van der Waals surface area contributed by atoms with Crippen molar-refractivity contribution in [2.75, 3.05) is 11.3 Å². The van der Waals surface area contributed by atoms with Gasteiger partial charge in [0.25, 0.3) is 10.0 Å². The molecule has 1 aromatic heterocycles.